The van der Waals surface area contributed by atoms with Crippen LogP contribution in [0.2, 0.25) is 0 Å². The zero-order valence-electron chi connectivity index (χ0n) is 6.88. The predicted octanol–water partition coefficient (Wildman–Crippen LogP) is 1.02. The number of hydrogen-bond acceptors (Lipinski definition) is 2. The van der Waals surface area contributed by atoms with Crippen LogP contribution in [-0.2, 0) is 0 Å². The van der Waals surface area contributed by atoms with Gasteiger partial charge in [0.2, 0.25) is 0 Å². The monoisotopic (exact) mass is 146 g/mol. The number of hydrogen-bond donors (Lipinski definition) is 2. The Kier molecular flexibility index (Phi) is 5.64. The maximum Gasteiger partial charge on any atom is 0.0483 e. The van der Waals surface area contributed by atoms with Crippen molar-refractivity contribution in [2.75, 3.05) is 13.2 Å². The van der Waals surface area contributed by atoms with E-state index in [1.54, 1.807) is 0 Å². The Bertz CT molecular complexity index is 55.7. The fourth-order valence-corrected chi connectivity index (χ4v) is 1.31. The smallest absolute Gasteiger partial charge is 0.0483 e. The molecule has 0 aliphatic heterocycles. The van der Waals surface area contributed by atoms with Crippen LogP contribution in [0.1, 0.15) is 26.7 Å². The van der Waals surface area contributed by atoms with Crippen molar-refractivity contribution in [3.05, 3.63) is 0 Å². The van der Waals surface area contributed by atoms with Gasteiger partial charge in [0.15, 0.2) is 0 Å². The van der Waals surface area contributed by atoms with Crippen LogP contribution in [0.5, 0.6) is 0 Å². The van der Waals surface area contributed by atoms with Crippen LogP contribution in [-0.4, -0.2) is 23.4 Å². The van der Waals surface area contributed by atoms with Crippen molar-refractivity contribution in [3.63, 3.8) is 0 Å². The summed E-state index contributed by atoms with van der Waals surface area (Å²) < 4.78 is 0. The van der Waals surface area contributed by atoms with E-state index in [9.17, 15) is 0 Å². The lowest BCUT2D eigenvalue weighted by molar-refractivity contribution is 0.102. The van der Waals surface area contributed by atoms with Gasteiger partial charge in [0.05, 0.1) is 0 Å². The van der Waals surface area contributed by atoms with Crippen molar-refractivity contribution in [1.29, 1.82) is 0 Å². The molecule has 2 heteroatoms. The standard InChI is InChI=1S/C8H18O2/c1-3-7(4-2)8(5-9)6-10/h7-10H,3-6H2,1-2H3. The lowest BCUT2D eigenvalue weighted by atomic mass is 9.89. The molecule has 0 aromatic heterocycles. The molecular formula is C8H18O2. The molecule has 0 aliphatic carbocycles. The topological polar surface area (TPSA) is 40.5 Å². The minimum absolute atomic E-state index is 0.0926. The normalized spacial score (nSPS) is 11.4. The van der Waals surface area contributed by atoms with Gasteiger partial charge >= 0.3 is 0 Å². The minimum atomic E-state index is 0.0926. The highest BCUT2D eigenvalue weighted by Gasteiger charge is 2.15. The number of rotatable bonds is 5. The minimum Gasteiger partial charge on any atom is -0.396 e. The predicted molar refractivity (Wildman–Crippen MR) is 41.7 cm³/mol. The van der Waals surface area contributed by atoms with Gasteiger partial charge in [-0.2, -0.15) is 0 Å². The fourth-order valence-electron chi connectivity index (χ4n) is 1.31. The van der Waals surface area contributed by atoms with E-state index in [1.165, 1.54) is 0 Å². The third-order valence-electron chi connectivity index (χ3n) is 2.18. The molecule has 0 aromatic carbocycles. The SMILES string of the molecule is CCC(CC)C(CO)CO. The van der Waals surface area contributed by atoms with Crippen molar-refractivity contribution in [2.45, 2.75) is 26.7 Å². The molecule has 2 N–H and O–H groups in total. The van der Waals surface area contributed by atoms with Crippen LogP contribution in [0.25, 0.3) is 0 Å². The van der Waals surface area contributed by atoms with E-state index < -0.39 is 0 Å². The molecule has 10 heavy (non-hydrogen) atoms. The van der Waals surface area contributed by atoms with Crippen molar-refractivity contribution in [3.8, 4) is 0 Å². The van der Waals surface area contributed by atoms with E-state index in [1.807, 2.05) is 0 Å². The first-order valence-electron chi connectivity index (χ1n) is 4.01. The van der Waals surface area contributed by atoms with Crippen LogP contribution in [0, 0.1) is 11.8 Å². The number of aliphatic hydroxyl groups is 2. The van der Waals surface area contributed by atoms with Gasteiger partial charge in [0, 0.05) is 19.1 Å². The Labute approximate surface area is 62.9 Å². The van der Waals surface area contributed by atoms with E-state index in [0.29, 0.717) is 5.92 Å². The maximum absolute atomic E-state index is 8.80. The molecule has 0 fully saturated rings. The van der Waals surface area contributed by atoms with Crippen LogP contribution >= 0.6 is 0 Å². The lowest BCUT2D eigenvalue weighted by Gasteiger charge is -2.20. The molecule has 62 valence electrons. The number of aliphatic hydroxyl groups excluding tert-OH is 2. The van der Waals surface area contributed by atoms with Gasteiger partial charge in [0.25, 0.3) is 0 Å². The quantitative estimate of drug-likeness (QED) is 0.608. The van der Waals surface area contributed by atoms with Crippen LogP contribution in [0.4, 0.5) is 0 Å². The molecule has 2 nitrogen and oxygen atoms in total. The Morgan fingerprint density at radius 1 is 0.900 bits per heavy atom. The van der Waals surface area contributed by atoms with Gasteiger partial charge in [-0.3, -0.25) is 0 Å². The van der Waals surface area contributed by atoms with E-state index in [2.05, 4.69) is 13.8 Å². The summed E-state index contributed by atoms with van der Waals surface area (Å²) in [6.07, 6.45) is 2.09. The van der Waals surface area contributed by atoms with Crippen molar-refractivity contribution in [2.24, 2.45) is 11.8 Å². The van der Waals surface area contributed by atoms with Gasteiger partial charge in [-0.1, -0.05) is 26.7 Å². The first-order valence-corrected chi connectivity index (χ1v) is 4.01. The third-order valence-corrected chi connectivity index (χ3v) is 2.18. The molecule has 0 amide bonds. The zero-order chi connectivity index (χ0) is 7.98. The molecule has 0 aliphatic rings. The van der Waals surface area contributed by atoms with E-state index >= 15 is 0 Å². The molecule has 0 heterocycles. The highest BCUT2D eigenvalue weighted by atomic mass is 16.3. The molecule has 0 saturated heterocycles. The molecule has 0 radical (unpaired) electrons. The Morgan fingerprint density at radius 2 is 1.30 bits per heavy atom. The summed E-state index contributed by atoms with van der Waals surface area (Å²) in [7, 11) is 0. The first-order chi connectivity index (χ1) is 4.79. The third kappa shape index (κ3) is 2.67. The molecule has 0 aromatic rings. The van der Waals surface area contributed by atoms with Crippen molar-refractivity contribution >= 4 is 0 Å². The summed E-state index contributed by atoms with van der Waals surface area (Å²) >= 11 is 0. The summed E-state index contributed by atoms with van der Waals surface area (Å²) in [5.41, 5.74) is 0. The summed E-state index contributed by atoms with van der Waals surface area (Å²) in [4.78, 5) is 0. The van der Waals surface area contributed by atoms with Gasteiger partial charge in [-0.25, -0.2) is 0 Å². The molecule has 0 saturated carbocycles. The van der Waals surface area contributed by atoms with Crippen LogP contribution < -0.4 is 0 Å². The Hall–Kier alpha value is -0.0800. The molecule has 0 bridgehead atoms. The van der Waals surface area contributed by atoms with E-state index in [-0.39, 0.29) is 19.1 Å². The second kappa shape index (κ2) is 5.69. The Morgan fingerprint density at radius 3 is 1.40 bits per heavy atom. The summed E-state index contributed by atoms with van der Waals surface area (Å²) in [5.74, 6) is 0.574. The Balaban J connectivity index is 3.70. The fraction of sp³-hybridized carbons (Fsp3) is 1.00. The maximum atomic E-state index is 8.80. The average Bonchev–Trinajstić information content (AvgIpc) is 2.00. The van der Waals surface area contributed by atoms with E-state index in [0.717, 1.165) is 12.8 Å². The highest BCUT2D eigenvalue weighted by Crippen LogP contribution is 2.18. The molecule has 0 atom stereocenters. The summed E-state index contributed by atoms with van der Waals surface area (Å²) in [5, 5.41) is 17.6. The molecular weight excluding hydrogens is 128 g/mol. The zero-order valence-corrected chi connectivity index (χ0v) is 6.88. The second-order valence-corrected chi connectivity index (χ2v) is 2.70. The van der Waals surface area contributed by atoms with Crippen LogP contribution in [0.15, 0.2) is 0 Å². The molecule has 0 spiro atoms. The molecule has 0 rings (SSSR count). The largest absolute Gasteiger partial charge is 0.396 e. The van der Waals surface area contributed by atoms with Crippen molar-refractivity contribution < 1.29 is 10.2 Å². The summed E-state index contributed by atoms with van der Waals surface area (Å²) in [6, 6.07) is 0. The average molecular weight is 146 g/mol. The van der Waals surface area contributed by atoms with E-state index in [4.69, 9.17) is 10.2 Å². The van der Waals surface area contributed by atoms with Gasteiger partial charge in [-0.15, -0.1) is 0 Å². The highest BCUT2D eigenvalue weighted by molar-refractivity contribution is 4.65. The van der Waals surface area contributed by atoms with Gasteiger partial charge in [-0.05, 0) is 5.92 Å². The van der Waals surface area contributed by atoms with Gasteiger partial charge in [0.1, 0.15) is 0 Å². The van der Waals surface area contributed by atoms with Gasteiger partial charge < -0.3 is 10.2 Å². The van der Waals surface area contributed by atoms with Crippen LogP contribution in [0.3, 0.4) is 0 Å². The second-order valence-electron chi connectivity index (χ2n) is 2.70. The lowest BCUT2D eigenvalue weighted by Crippen LogP contribution is -2.21. The molecule has 0 unspecified atom stereocenters. The first kappa shape index (κ1) is 9.92. The van der Waals surface area contributed by atoms with Crippen molar-refractivity contribution in [1.82, 2.24) is 0 Å². The summed E-state index contributed by atoms with van der Waals surface area (Å²) in [6.45, 7) is 4.41.